The SMILES string of the molecule is COc1cccc(NC(=O)Nc2ccccc2N2CCNC(=O)C2)c1OC. The Morgan fingerprint density at radius 3 is 2.52 bits per heavy atom. The molecule has 1 saturated heterocycles. The minimum absolute atomic E-state index is 0.0402. The van der Waals surface area contributed by atoms with E-state index in [1.54, 1.807) is 24.3 Å². The van der Waals surface area contributed by atoms with Crippen molar-refractivity contribution in [2.75, 3.05) is 49.4 Å². The maximum atomic E-state index is 12.5. The van der Waals surface area contributed by atoms with Crippen LogP contribution in [0.4, 0.5) is 21.9 Å². The third-order valence-electron chi connectivity index (χ3n) is 4.18. The molecule has 2 aromatic carbocycles. The van der Waals surface area contributed by atoms with E-state index in [1.807, 2.05) is 23.1 Å². The zero-order valence-corrected chi connectivity index (χ0v) is 15.2. The fraction of sp³-hybridized carbons (Fsp3) is 0.263. The summed E-state index contributed by atoms with van der Waals surface area (Å²) in [4.78, 5) is 26.1. The Balaban J connectivity index is 1.77. The van der Waals surface area contributed by atoms with Crippen LogP contribution in [0.5, 0.6) is 11.5 Å². The molecule has 1 aliphatic heterocycles. The normalized spacial score (nSPS) is 13.6. The van der Waals surface area contributed by atoms with Gasteiger partial charge in [0.1, 0.15) is 0 Å². The minimum atomic E-state index is -0.421. The lowest BCUT2D eigenvalue weighted by Crippen LogP contribution is -2.48. The number of para-hydroxylation sites is 3. The fourth-order valence-electron chi connectivity index (χ4n) is 2.96. The molecule has 142 valence electrons. The zero-order valence-electron chi connectivity index (χ0n) is 15.2. The van der Waals surface area contributed by atoms with Crippen LogP contribution in [0.1, 0.15) is 0 Å². The van der Waals surface area contributed by atoms with E-state index in [4.69, 9.17) is 9.47 Å². The van der Waals surface area contributed by atoms with Crippen molar-refractivity contribution in [3.63, 3.8) is 0 Å². The second kappa shape index (κ2) is 8.31. The third kappa shape index (κ3) is 4.22. The van der Waals surface area contributed by atoms with Gasteiger partial charge in [-0.25, -0.2) is 4.79 Å². The van der Waals surface area contributed by atoms with E-state index in [0.29, 0.717) is 36.0 Å². The van der Waals surface area contributed by atoms with Gasteiger partial charge in [-0.1, -0.05) is 18.2 Å². The van der Waals surface area contributed by atoms with E-state index in [9.17, 15) is 9.59 Å². The standard InChI is InChI=1S/C19H22N4O4/c1-26-16-9-5-7-14(18(16)27-2)22-19(25)21-13-6-3-4-8-15(13)23-11-10-20-17(24)12-23/h3-9H,10-12H2,1-2H3,(H,20,24)(H2,21,22,25). The molecule has 0 radical (unpaired) electrons. The van der Waals surface area contributed by atoms with Crippen LogP contribution in [0.2, 0.25) is 0 Å². The van der Waals surface area contributed by atoms with E-state index < -0.39 is 6.03 Å². The van der Waals surface area contributed by atoms with Crippen molar-refractivity contribution in [3.05, 3.63) is 42.5 Å². The molecule has 0 bridgehead atoms. The lowest BCUT2D eigenvalue weighted by atomic mass is 10.2. The van der Waals surface area contributed by atoms with Gasteiger partial charge in [0.05, 0.1) is 37.8 Å². The van der Waals surface area contributed by atoms with Crippen molar-refractivity contribution in [1.29, 1.82) is 0 Å². The Morgan fingerprint density at radius 2 is 1.78 bits per heavy atom. The summed E-state index contributed by atoms with van der Waals surface area (Å²) in [7, 11) is 3.05. The van der Waals surface area contributed by atoms with Crippen molar-refractivity contribution >= 4 is 29.0 Å². The molecule has 27 heavy (non-hydrogen) atoms. The quantitative estimate of drug-likeness (QED) is 0.751. The second-order valence-electron chi connectivity index (χ2n) is 5.91. The molecule has 0 aromatic heterocycles. The Hall–Kier alpha value is -3.42. The monoisotopic (exact) mass is 370 g/mol. The number of anilines is 3. The number of hydrogen-bond donors (Lipinski definition) is 3. The van der Waals surface area contributed by atoms with Gasteiger partial charge in [0.25, 0.3) is 0 Å². The average molecular weight is 370 g/mol. The Labute approximate surface area is 157 Å². The number of benzene rings is 2. The number of amides is 3. The fourth-order valence-corrected chi connectivity index (χ4v) is 2.96. The predicted molar refractivity (Wildman–Crippen MR) is 104 cm³/mol. The lowest BCUT2D eigenvalue weighted by Gasteiger charge is -2.30. The van der Waals surface area contributed by atoms with Crippen molar-refractivity contribution in [2.45, 2.75) is 0 Å². The van der Waals surface area contributed by atoms with Crippen LogP contribution in [0, 0.1) is 0 Å². The van der Waals surface area contributed by atoms with Crippen LogP contribution < -0.4 is 30.3 Å². The van der Waals surface area contributed by atoms with E-state index in [2.05, 4.69) is 16.0 Å². The van der Waals surface area contributed by atoms with E-state index >= 15 is 0 Å². The highest BCUT2D eigenvalue weighted by atomic mass is 16.5. The Kier molecular flexibility index (Phi) is 5.65. The third-order valence-corrected chi connectivity index (χ3v) is 4.18. The number of urea groups is 1. The second-order valence-corrected chi connectivity index (χ2v) is 5.91. The van der Waals surface area contributed by atoms with E-state index in [0.717, 1.165) is 5.69 Å². The number of nitrogens with zero attached hydrogens (tertiary/aromatic N) is 1. The summed E-state index contributed by atoms with van der Waals surface area (Å²) in [5, 5.41) is 8.40. The van der Waals surface area contributed by atoms with Gasteiger partial charge in [-0.3, -0.25) is 4.79 Å². The molecule has 0 aliphatic carbocycles. The highest BCUT2D eigenvalue weighted by molar-refractivity contribution is 6.03. The highest BCUT2D eigenvalue weighted by Crippen LogP contribution is 2.35. The minimum Gasteiger partial charge on any atom is -0.493 e. The van der Waals surface area contributed by atoms with Crippen LogP contribution in [0.25, 0.3) is 0 Å². The lowest BCUT2D eigenvalue weighted by molar-refractivity contribution is -0.120. The summed E-state index contributed by atoms with van der Waals surface area (Å²) in [6.45, 7) is 1.50. The topological polar surface area (TPSA) is 91.9 Å². The first-order chi connectivity index (χ1) is 13.1. The van der Waals surface area contributed by atoms with Crippen LogP contribution in [-0.4, -0.2) is 45.8 Å². The van der Waals surface area contributed by atoms with Gasteiger partial charge in [-0.15, -0.1) is 0 Å². The van der Waals surface area contributed by atoms with Crippen molar-refractivity contribution < 1.29 is 19.1 Å². The summed E-state index contributed by atoms with van der Waals surface area (Å²) >= 11 is 0. The number of carbonyl (C=O) groups excluding carboxylic acids is 2. The first-order valence-electron chi connectivity index (χ1n) is 8.52. The van der Waals surface area contributed by atoms with Gasteiger partial charge >= 0.3 is 6.03 Å². The summed E-state index contributed by atoms with van der Waals surface area (Å²) in [5.74, 6) is 0.924. The Morgan fingerprint density at radius 1 is 1.04 bits per heavy atom. The first kappa shape index (κ1) is 18.4. The van der Waals surface area contributed by atoms with Gasteiger partial charge in [0, 0.05) is 13.1 Å². The summed E-state index contributed by atoms with van der Waals surface area (Å²) < 4.78 is 10.6. The van der Waals surface area contributed by atoms with E-state index in [-0.39, 0.29) is 12.5 Å². The van der Waals surface area contributed by atoms with Crippen LogP contribution >= 0.6 is 0 Å². The smallest absolute Gasteiger partial charge is 0.323 e. The molecule has 0 saturated carbocycles. The van der Waals surface area contributed by atoms with Gasteiger partial charge in [-0.2, -0.15) is 0 Å². The van der Waals surface area contributed by atoms with Crippen molar-refractivity contribution in [3.8, 4) is 11.5 Å². The molecule has 0 atom stereocenters. The highest BCUT2D eigenvalue weighted by Gasteiger charge is 2.20. The number of piperazine rings is 1. The zero-order chi connectivity index (χ0) is 19.2. The summed E-state index contributed by atoms with van der Waals surface area (Å²) in [6, 6.07) is 12.2. The van der Waals surface area contributed by atoms with Crippen LogP contribution in [-0.2, 0) is 4.79 Å². The average Bonchev–Trinajstić information content (AvgIpc) is 2.68. The van der Waals surface area contributed by atoms with Crippen molar-refractivity contribution in [2.24, 2.45) is 0 Å². The van der Waals surface area contributed by atoms with Crippen molar-refractivity contribution in [1.82, 2.24) is 5.32 Å². The number of methoxy groups -OCH3 is 2. The molecular weight excluding hydrogens is 348 g/mol. The van der Waals surface area contributed by atoms with Crippen LogP contribution in [0.15, 0.2) is 42.5 Å². The molecule has 8 nitrogen and oxygen atoms in total. The molecule has 1 heterocycles. The van der Waals surface area contributed by atoms with Crippen LogP contribution in [0.3, 0.4) is 0 Å². The molecular formula is C19H22N4O4. The van der Waals surface area contributed by atoms with Gasteiger partial charge in [0.2, 0.25) is 5.91 Å². The number of nitrogens with one attached hydrogen (secondary N) is 3. The molecule has 2 aromatic rings. The first-order valence-corrected chi connectivity index (χ1v) is 8.52. The molecule has 8 heteroatoms. The van der Waals surface area contributed by atoms with Gasteiger partial charge in [0.15, 0.2) is 11.5 Å². The number of ether oxygens (including phenoxy) is 2. The molecule has 3 amide bonds. The largest absolute Gasteiger partial charge is 0.493 e. The number of hydrogen-bond acceptors (Lipinski definition) is 5. The molecule has 1 aliphatic rings. The Bertz CT molecular complexity index is 840. The maximum absolute atomic E-state index is 12.5. The molecule has 0 unspecified atom stereocenters. The van der Waals surface area contributed by atoms with Gasteiger partial charge in [-0.05, 0) is 24.3 Å². The number of rotatable bonds is 5. The van der Waals surface area contributed by atoms with E-state index in [1.165, 1.54) is 14.2 Å². The molecule has 0 spiro atoms. The number of carbonyl (C=O) groups is 2. The predicted octanol–water partition coefficient (Wildman–Crippen LogP) is 2.28. The van der Waals surface area contributed by atoms with Gasteiger partial charge < -0.3 is 30.3 Å². The molecule has 3 N–H and O–H groups in total. The molecule has 1 fully saturated rings. The summed E-state index contributed by atoms with van der Waals surface area (Å²) in [5.41, 5.74) is 1.90. The molecule has 3 rings (SSSR count). The maximum Gasteiger partial charge on any atom is 0.323 e. The summed E-state index contributed by atoms with van der Waals surface area (Å²) in [6.07, 6.45) is 0.